The Hall–Kier alpha value is -3.42. The molecular formula is C29H37N7O. The van der Waals surface area contributed by atoms with Crippen LogP contribution in [0.2, 0.25) is 0 Å². The van der Waals surface area contributed by atoms with Gasteiger partial charge in [-0.3, -0.25) is 4.79 Å². The molecule has 0 saturated heterocycles. The molecular weight excluding hydrogens is 462 g/mol. The Bertz CT molecular complexity index is 1200. The predicted molar refractivity (Wildman–Crippen MR) is 145 cm³/mol. The van der Waals surface area contributed by atoms with Crippen molar-refractivity contribution in [2.24, 2.45) is 5.92 Å². The van der Waals surface area contributed by atoms with Crippen LogP contribution in [0.15, 0.2) is 49.1 Å². The fourth-order valence-electron chi connectivity index (χ4n) is 6.36. The zero-order valence-electron chi connectivity index (χ0n) is 21.6. The number of benzene rings is 1. The van der Waals surface area contributed by atoms with Crippen LogP contribution in [-0.2, 0) is 17.6 Å². The van der Waals surface area contributed by atoms with Crippen molar-refractivity contribution in [3.8, 4) is 0 Å². The Morgan fingerprint density at radius 1 is 0.946 bits per heavy atom. The van der Waals surface area contributed by atoms with E-state index in [1.807, 2.05) is 12.4 Å². The van der Waals surface area contributed by atoms with E-state index in [-0.39, 0.29) is 17.9 Å². The topological polar surface area (TPSA) is 88.0 Å². The van der Waals surface area contributed by atoms with Crippen molar-refractivity contribution in [3.63, 3.8) is 0 Å². The fourth-order valence-corrected chi connectivity index (χ4v) is 6.36. The summed E-state index contributed by atoms with van der Waals surface area (Å²) in [6.07, 6.45) is 16.6. The summed E-state index contributed by atoms with van der Waals surface area (Å²) in [5.74, 6) is 2.58. The maximum Gasteiger partial charge on any atom is 0.227 e. The van der Waals surface area contributed by atoms with Crippen molar-refractivity contribution in [2.75, 3.05) is 17.3 Å². The standard InChI is InChI=1S/C29H37N7O/c1-35(29-30-15-14-26(34-29)33-27-18-36(19-31-27)25-8-4-5-9-25)24-12-10-23(11-13-24)32-28(37)22-16-20-6-2-3-7-21(20)17-22/h2-3,6-7,14-15,18-19,22-25H,4-5,8-13,16-17H2,1H3,(H,32,37)(H,30,33,34)/t23-,24-. The Kier molecular flexibility index (Phi) is 6.81. The largest absolute Gasteiger partial charge is 0.353 e. The quantitative estimate of drug-likeness (QED) is 0.485. The van der Waals surface area contributed by atoms with Gasteiger partial charge in [-0.25, -0.2) is 9.97 Å². The molecule has 8 nitrogen and oxygen atoms in total. The zero-order valence-corrected chi connectivity index (χ0v) is 21.6. The van der Waals surface area contributed by atoms with Crippen LogP contribution in [0.1, 0.15) is 68.5 Å². The molecule has 3 aliphatic rings. The second-order valence-electron chi connectivity index (χ2n) is 11.0. The smallest absolute Gasteiger partial charge is 0.227 e. The summed E-state index contributed by atoms with van der Waals surface area (Å²) in [5, 5.41) is 6.70. The number of hydrogen-bond donors (Lipinski definition) is 2. The van der Waals surface area contributed by atoms with Gasteiger partial charge < -0.3 is 20.1 Å². The fraction of sp³-hybridized carbons (Fsp3) is 0.517. The zero-order chi connectivity index (χ0) is 25.2. The minimum absolute atomic E-state index is 0.0750. The van der Waals surface area contributed by atoms with Crippen LogP contribution >= 0.6 is 0 Å². The van der Waals surface area contributed by atoms with Crippen LogP contribution < -0.4 is 15.5 Å². The molecule has 0 spiro atoms. The number of fused-ring (bicyclic) bond motifs is 1. The number of rotatable bonds is 7. The Labute approximate surface area is 218 Å². The van der Waals surface area contributed by atoms with E-state index in [4.69, 9.17) is 4.98 Å². The van der Waals surface area contributed by atoms with E-state index in [0.29, 0.717) is 12.1 Å². The minimum Gasteiger partial charge on any atom is -0.353 e. The molecule has 2 fully saturated rings. The average Bonchev–Trinajstić information content (AvgIpc) is 3.70. The van der Waals surface area contributed by atoms with Gasteiger partial charge in [0.15, 0.2) is 0 Å². The van der Waals surface area contributed by atoms with Crippen LogP contribution in [-0.4, -0.2) is 44.6 Å². The Balaban J connectivity index is 1.00. The highest BCUT2D eigenvalue weighted by atomic mass is 16.1. The van der Waals surface area contributed by atoms with Gasteiger partial charge in [-0.15, -0.1) is 0 Å². The maximum absolute atomic E-state index is 12.9. The average molecular weight is 500 g/mol. The molecule has 8 heteroatoms. The second kappa shape index (κ2) is 10.5. The highest BCUT2D eigenvalue weighted by molar-refractivity contribution is 5.80. The summed E-state index contributed by atoms with van der Waals surface area (Å²) in [5.41, 5.74) is 2.65. The normalized spacial score (nSPS) is 22.1. The number of aromatic nitrogens is 4. The summed E-state index contributed by atoms with van der Waals surface area (Å²) in [6, 6.07) is 11.5. The third-order valence-electron chi connectivity index (χ3n) is 8.57. The first-order chi connectivity index (χ1) is 18.1. The maximum atomic E-state index is 12.9. The van der Waals surface area contributed by atoms with Crippen LogP contribution in [0.25, 0.3) is 0 Å². The van der Waals surface area contributed by atoms with Gasteiger partial charge in [-0.2, -0.15) is 4.98 Å². The molecule has 0 bridgehead atoms. The van der Waals surface area contributed by atoms with E-state index in [1.54, 1.807) is 6.20 Å². The third-order valence-corrected chi connectivity index (χ3v) is 8.57. The summed E-state index contributed by atoms with van der Waals surface area (Å²) in [4.78, 5) is 29.0. The summed E-state index contributed by atoms with van der Waals surface area (Å²) in [6.45, 7) is 0. The van der Waals surface area contributed by atoms with Gasteiger partial charge in [0.2, 0.25) is 11.9 Å². The van der Waals surface area contributed by atoms with Crippen LogP contribution in [0, 0.1) is 5.92 Å². The SMILES string of the molecule is CN(c1nccc(Nc2cn(C3CCCC3)cn2)n1)[C@H]1CC[C@H](NC(=O)C2Cc3ccccc3C2)CC1. The summed E-state index contributed by atoms with van der Waals surface area (Å²) < 4.78 is 2.23. The van der Waals surface area contributed by atoms with Crippen LogP contribution in [0.3, 0.4) is 0 Å². The van der Waals surface area contributed by atoms with Gasteiger partial charge in [0.05, 0.1) is 6.33 Å². The van der Waals surface area contributed by atoms with Crippen molar-refractivity contribution in [2.45, 2.75) is 82.3 Å². The highest BCUT2D eigenvalue weighted by Gasteiger charge is 2.31. The second-order valence-corrected chi connectivity index (χ2v) is 11.0. The van der Waals surface area contributed by atoms with E-state index in [9.17, 15) is 4.79 Å². The van der Waals surface area contributed by atoms with Crippen molar-refractivity contribution < 1.29 is 4.79 Å². The van der Waals surface area contributed by atoms with E-state index in [2.05, 4.69) is 67.6 Å². The molecule has 2 saturated carbocycles. The van der Waals surface area contributed by atoms with E-state index >= 15 is 0 Å². The lowest BCUT2D eigenvalue weighted by atomic mass is 9.90. The van der Waals surface area contributed by atoms with Crippen LogP contribution in [0.5, 0.6) is 0 Å². The number of imidazole rings is 1. The van der Waals surface area contributed by atoms with Gasteiger partial charge in [0.1, 0.15) is 11.6 Å². The Morgan fingerprint density at radius 2 is 1.68 bits per heavy atom. The van der Waals surface area contributed by atoms with E-state index < -0.39 is 0 Å². The predicted octanol–water partition coefficient (Wildman–Crippen LogP) is 4.81. The van der Waals surface area contributed by atoms with E-state index in [0.717, 1.165) is 56.1 Å². The first-order valence-corrected chi connectivity index (χ1v) is 13.9. The molecule has 0 unspecified atom stereocenters. The van der Waals surface area contributed by atoms with Crippen molar-refractivity contribution in [3.05, 3.63) is 60.2 Å². The molecule has 1 aromatic carbocycles. The molecule has 0 atom stereocenters. The monoisotopic (exact) mass is 499 g/mol. The van der Waals surface area contributed by atoms with E-state index in [1.165, 1.54) is 36.8 Å². The lowest BCUT2D eigenvalue weighted by molar-refractivity contribution is -0.125. The molecule has 0 aliphatic heterocycles. The Morgan fingerprint density at radius 3 is 2.41 bits per heavy atom. The van der Waals surface area contributed by atoms with Gasteiger partial charge >= 0.3 is 0 Å². The van der Waals surface area contributed by atoms with Crippen molar-refractivity contribution in [1.29, 1.82) is 0 Å². The summed E-state index contributed by atoms with van der Waals surface area (Å²) >= 11 is 0. The third kappa shape index (κ3) is 5.33. The van der Waals surface area contributed by atoms with Crippen molar-refractivity contribution >= 4 is 23.5 Å². The van der Waals surface area contributed by atoms with Crippen molar-refractivity contribution in [1.82, 2.24) is 24.8 Å². The summed E-state index contributed by atoms with van der Waals surface area (Å²) in [7, 11) is 2.08. The molecule has 194 valence electrons. The van der Waals surface area contributed by atoms with Gasteiger partial charge in [-0.05, 0) is 68.6 Å². The number of carbonyl (C=O) groups excluding carboxylic acids is 1. The molecule has 2 N–H and O–H groups in total. The number of anilines is 3. The molecule has 3 aromatic rings. The number of hydrogen-bond acceptors (Lipinski definition) is 6. The molecule has 2 aromatic heterocycles. The number of amides is 1. The minimum atomic E-state index is 0.0750. The number of carbonyl (C=O) groups is 1. The lowest BCUT2D eigenvalue weighted by Crippen LogP contribution is -2.45. The first kappa shape index (κ1) is 23.9. The molecule has 3 aliphatic carbocycles. The molecule has 6 rings (SSSR count). The first-order valence-electron chi connectivity index (χ1n) is 13.9. The highest BCUT2D eigenvalue weighted by Crippen LogP contribution is 2.31. The van der Waals surface area contributed by atoms with Gasteiger partial charge in [-0.1, -0.05) is 37.1 Å². The molecule has 2 heterocycles. The van der Waals surface area contributed by atoms with Gasteiger partial charge in [0.25, 0.3) is 0 Å². The van der Waals surface area contributed by atoms with Crippen LogP contribution in [0.4, 0.5) is 17.6 Å². The molecule has 0 radical (unpaired) electrons. The molecule has 37 heavy (non-hydrogen) atoms. The number of nitrogens with one attached hydrogen (secondary N) is 2. The lowest BCUT2D eigenvalue weighted by Gasteiger charge is -2.35. The number of nitrogens with zero attached hydrogens (tertiary/aromatic N) is 5. The molecule has 1 amide bonds. The van der Waals surface area contributed by atoms with Gasteiger partial charge in [0, 0.05) is 43.5 Å².